The van der Waals surface area contributed by atoms with Crippen LogP contribution in [0.1, 0.15) is 13.3 Å². The van der Waals surface area contributed by atoms with Crippen LogP contribution in [0.5, 0.6) is 0 Å². The van der Waals surface area contributed by atoms with E-state index < -0.39 is 0 Å². The molecule has 1 rings (SSSR count). The normalized spacial score (nSPS) is 28.9. The minimum Gasteiger partial charge on any atom is -0.462 e. The second-order valence-electron chi connectivity index (χ2n) is 3.58. The first kappa shape index (κ1) is 12.5. The summed E-state index contributed by atoms with van der Waals surface area (Å²) < 4.78 is 10.3. The van der Waals surface area contributed by atoms with Gasteiger partial charge in [-0.1, -0.05) is 12.2 Å². The summed E-state index contributed by atoms with van der Waals surface area (Å²) in [6.45, 7) is 5.23. The van der Waals surface area contributed by atoms with E-state index in [1.54, 1.807) is 12.2 Å². The zero-order valence-corrected chi connectivity index (χ0v) is 9.26. The Kier molecular flexibility index (Phi) is 4.74. The third kappa shape index (κ3) is 3.52. The Morgan fingerprint density at radius 3 is 3.00 bits per heavy atom. The Balaban J connectivity index is 2.38. The fraction of sp³-hybridized carbons (Fsp3) is 0.500. The van der Waals surface area contributed by atoms with Gasteiger partial charge in [0.1, 0.15) is 6.61 Å². The molecule has 0 radical (unpaired) electrons. The number of carbonyl (C=O) groups is 1. The molecule has 0 saturated carbocycles. The average Bonchev–Trinajstić information content (AvgIpc) is 2.66. The van der Waals surface area contributed by atoms with Gasteiger partial charge in [0, 0.05) is 6.92 Å². The lowest BCUT2D eigenvalue weighted by molar-refractivity contribution is -0.139. The highest BCUT2D eigenvalue weighted by atomic mass is 16.5. The molecule has 0 aromatic carbocycles. The molecule has 1 fully saturated rings. The van der Waals surface area contributed by atoms with E-state index in [4.69, 9.17) is 14.7 Å². The molecular weight excluding hydrogens is 206 g/mol. The van der Waals surface area contributed by atoms with Crippen molar-refractivity contribution < 1.29 is 14.3 Å². The molecule has 0 aromatic rings. The SMILES string of the molecule is C=C[C@@H]1O[C@H](/C=C/COC(C)=O)C[C@@H]1C#N. The van der Waals surface area contributed by atoms with Crippen LogP contribution in [0, 0.1) is 17.2 Å². The minimum absolute atomic E-state index is 0.0943. The van der Waals surface area contributed by atoms with Crippen LogP contribution in [0.4, 0.5) is 0 Å². The van der Waals surface area contributed by atoms with E-state index in [1.165, 1.54) is 6.92 Å². The molecule has 0 N–H and O–H groups in total. The van der Waals surface area contributed by atoms with Crippen LogP contribution in [-0.2, 0) is 14.3 Å². The fourth-order valence-electron chi connectivity index (χ4n) is 1.58. The van der Waals surface area contributed by atoms with Crippen molar-refractivity contribution in [3.63, 3.8) is 0 Å². The molecule has 1 aliphatic rings. The number of rotatable bonds is 4. The zero-order valence-electron chi connectivity index (χ0n) is 9.26. The molecule has 86 valence electrons. The predicted octanol–water partition coefficient (Wildman–Crippen LogP) is 1.59. The first-order valence-electron chi connectivity index (χ1n) is 5.15. The van der Waals surface area contributed by atoms with Gasteiger partial charge in [-0.25, -0.2) is 0 Å². The molecule has 0 amide bonds. The van der Waals surface area contributed by atoms with Gasteiger partial charge >= 0.3 is 5.97 Å². The fourth-order valence-corrected chi connectivity index (χ4v) is 1.58. The standard InChI is InChI=1S/C12H15NO3/c1-3-12-10(8-13)7-11(16-12)5-4-6-15-9(2)14/h3-5,10-12H,1,6-7H2,2H3/b5-4+/t10-,11-,12+/m1/s1. The number of ether oxygens (including phenoxy) is 2. The van der Waals surface area contributed by atoms with E-state index >= 15 is 0 Å². The van der Waals surface area contributed by atoms with Crippen molar-refractivity contribution in [2.24, 2.45) is 5.92 Å². The molecular formula is C12H15NO3. The molecule has 0 unspecified atom stereocenters. The molecule has 16 heavy (non-hydrogen) atoms. The molecule has 0 aliphatic carbocycles. The van der Waals surface area contributed by atoms with Crippen LogP contribution in [-0.4, -0.2) is 24.8 Å². The number of hydrogen-bond donors (Lipinski definition) is 0. The number of hydrogen-bond acceptors (Lipinski definition) is 4. The van der Waals surface area contributed by atoms with Gasteiger partial charge in [0.2, 0.25) is 0 Å². The lowest BCUT2D eigenvalue weighted by Gasteiger charge is -2.06. The van der Waals surface area contributed by atoms with Crippen molar-refractivity contribution in [1.29, 1.82) is 5.26 Å². The van der Waals surface area contributed by atoms with E-state index in [2.05, 4.69) is 12.6 Å². The third-order valence-corrected chi connectivity index (χ3v) is 2.35. The Hall–Kier alpha value is -1.60. The topological polar surface area (TPSA) is 59.3 Å². The Labute approximate surface area is 95.1 Å². The summed E-state index contributed by atoms with van der Waals surface area (Å²) in [7, 11) is 0. The summed E-state index contributed by atoms with van der Waals surface area (Å²) >= 11 is 0. The van der Waals surface area contributed by atoms with Crippen LogP contribution >= 0.6 is 0 Å². The highest BCUT2D eigenvalue weighted by Crippen LogP contribution is 2.27. The largest absolute Gasteiger partial charge is 0.462 e. The van der Waals surface area contributed by atoms with Crippen molar-refractivity contribution in [3.05, 3.63) is 24.8 Å². The Bertz CT molecular complexity index is 330. The number of nitriles is 1. The van der Waals surface area contributed by atoms with E-state index in [1.807, 2.05) is 6.08 Å². The lowest BCUT2D eigenvalue weighted by atomic mass is 10.0. The molecule has 3 atom stereocenters. The van der Waals surface area contributed by atoms with Crippen LogP contribution in [0.15, 0.2) is 24.8 Å². The van der Waals surface area contributed by atoms with E-state index in [0.717, 1.165) is 0 Å². The summed E-state index contributed by atoms with van der Waals surface area (Å²) in [6, 6.07) is 2.19. The predicted molar refractivity (Wildman–Crippen MR) is 58.4 cm³/mol. The summed E-state index contributed by atoms with van der Waals surface area (Å²) in [5, 5.41) is 8.86. The van der Waals surface area contributed by atoms with Crippen molar-refractivity contribution in [3.8, 4) is 6.07 Å². The molecule has 1 heterocycles. The number of nitrogens with zero attached hydrogens (tertiary/aromatic N) is 1. The van der Waals surface area contributed by atoms with Crippen LogP contribution in [0.3, 0.4) is 0 Å². The van der Waals surface area contributed by atoms with Crippen LogP contribution in [0.2, 0.25) is 0 Å². The van der Waals surface area contributed by atoms with Crippen molar-refractivity contribution in [2.75, 3.05) is 6.61 Å². The summed E-state index contributed by atoms with van der Waals surface area (Å²) in [5.41, 5.74) is 0. The van der Waals surface area contributed by atoms with Gasteiger partial charge in [-0.3, -0.25) is 4.79 Å². The Morgan fingerprint density at radius 2 is 2.50 bits per heavy atom. The van der Waals surface area contributed by atoms with Crippen molar-refractivity contribution in [2.45, 2.75) is 25.6 Å². The first-order chi connectivity index (χ1) is 7.67. The monoisotopic (exact) mass is 221 g/mol. The first-order valence-corrected chi connectivity index (χ1v) is 5.15. The number of esters is 1. The van der Waals surface area contributed by atoms with Crippen molar-refractivity contribution >= 4 is 5.97 Å². The van der Waals surface area contributed by atoms with Gasteiger partial charge in [-0.2, -0.15) is 5.26 Å². The maximum Gasteiger partial charge on any atom is 0.302 e. The van der Waals surface area contributed by atoms with Gasteiger partial charge in [-0.05, 0) is 12.5 Å². The quantitative estimate of drug-likeness (QED) is 0.534. The van der Waals surface area contributed by atoms with Gasteiger partial charge in [0.05, 0.1) is 24.2 Å². The zero-order chi connectivity index (χ0) is 12.0. The maximum atomic E-state index is 10.5. The third-order valence-electron chi connectivity index (χ3n) is 2.35. The molecule has 4 nitrogen and oxygen atoms in total. The second-order valence-corrected chi connectivity index (χ2v) is 3.58. The van der Waals surface area contributed by atoms with Gasteiger partial charge in [0.25, 0.3) is 0 Å². The summed E-state index contributed by atoms with van der Waals surface area (Å²) in [6.07, 6.45) is 5.55. The van der Waals surface area contributed by atoms with Crippen LogP contribution in [0.25, 0.3) is 0 Å². The smallest absolute Gasteiger partial charge is 0.302 e. The van der Waals surface area contributed by atoms with Crippen LogP contribution < -0.4 is 0 Å². The minimum atomic E-state index is -0.309. The molecule has 4 heteroatoms. The Morgan fingerprint density at radius 1 is 1.75 bits per heavy atom. The number of carbonyl (C=O) groups excluding carboxylic acids is 1. The summed E-state index contributed by atoms with van der Waals surface area (Å²) in [5.74, 6) is -0.447. The van der Waals surface area contributed by atoms with Gasteiger partial charge < -0.3 is 9.47 Å². The van der Waals surface area contributed by atoms with Gasteiger partial charge in [-0.15, -0.1) is 6.58 Å². The maximum absolute atomic E-state index is 10.5. The van der Waals surface area contributed by atoms with E-state index in [-0.39, 0.29) is 30.7 Å². The molecule has 1 aliphatic heterocycles. The summed E-state index contributed by atoms with van der Waals surface area (Å²) in [4.78, 5) is 10.5. The van der Waals surface area contributed by atoms with E-state index in [9.17, 15) is 4.79 Å². The molecule has 1 saturated heterocycles. The second kappa shape index (κ2) is 6.09. The molecule has 0 spiro atoms. The highest BCUT2D eigenvalue weighted by molar-refractivity contribution is 5.65. The van der Waals surface area contributed by atoms with Gasteiger partial charge in [0.15, 0.2) is 0 Å². The van der Waals surface area contributed by atoms with E-state index in [0.29, 0.717) is 6.42 Å². The molecule has 0 aromatic heterocycles. The average molecular weight is 221 g/mol. The molecule has 0 bridgehead atoms. The van der Waals surface area contributed by atoms with Crippen molar-refractivity contribution in [1.82, 2.24) is 0 Å². The lowest BCUT2D eigenvalue weighted by Crippen LogP contribution is -2.10. The highest BCUT2D eigenvalue weighted by Gasteiger charge is 2.31.